The monoisotopic (exact) mass is 340 g/mol. The van der Waals surface area contributed by atoms with E-state index in [1.54, 1.807) is 6.07 Å². The number of ether oxygens (including phenoxy) is 1. The van der Waals surface area contributed by atoms with E-state index in [-0.39, 0.29) is 24.2 Å². The SMILES string of the molecule is O=C(Cc1ccc(F)cc1Cl)N1CCCC1CN1CCOCC1. The smallest absolute Gasteiger partial charge is 0.227 e. The van der Waals surface area contributed by atoms with E-state index >= 15 is 0 Å². The molecule has 2 fully saturated rings. The fraction of sp³-hybridized carbons (Fsp3) is 0.588. The second kappa shape index (κ2) is 7.60. The lowest BCUT2D eigenvalue weighted by atomic mass is 10.1. The zero-order valence-electron chi connectivity index (χ0n) is 13.1. The summed E-state index contributed by atoms with van der Waals surface area (Å²) in [7, 11) is 0. The number of likely N-dealkylation sites (tertiary alicyclic amines) is 1. The van der Waals surface area contributed by atoms with Gasteiger partial charge in [0.25, 0.3) is 0 Å². The number of benzene rings is 1. The van der Waals surface area contributed by atoms with Crippen LogP contribution in [0.4, 0.5) is 4.39 Å². The van der Waals surface area contributed by atoms with Crippen LogP contribution < -0.4 is 0 Å². The number of carbonyl (C=O) groups excluding carboxylic acids is 1. The second-order valence-electron chi connectivity index (χ2n) is 6.21. The van der Waals surface area contributed by atoms with Crippen molar-refractivity contribution in [1.82, 2.24) is 9.80 Å². The molecule has 4 nitrogen and oxygen atoms in total. The zero-order chi connectivity index (χ0) is 16.2. The minimum atomic E-state index is -0.377. The molecule has 2 saturated heterocycles. The molecule has 3 rings (SSSR count). The van der Waals surface area contributed by atoms with E-state index in [1.807, 2.05) is 4.90 Å². The van der Waals surface area contributed by atoms with Gasteiger partial charge in [-0.05, 0) is 30.5 Å². The van der Waals surface area contributed by atoms with Gasteiger partial charge in [-0.3, -0.25) is 9.69 Å². The Morgan fingerprint density at radius 1 is 1.30 bits per heavy atom. The summed E-state index contributed by atoms with van der Waals surface area (Å²) < 4.78 is 18.5. The fourth-order valence-electron chi connectivity index (χ4n) is 3.37. The minimum Gasteiger partial charge on any atom is -0.379 e. The number of halogens is 2. The quantitative estimate of drug-likeness (QED) is 0.843. The van der Waals surface area contributed by atoms with Gasteiger partial charge in [-0.25, -0.2) is 4.39 Å². The molecule has 0 aliphatic carbocycles. The van der Waals surface area contributed by atoms with E-state index in [0.717, 1.165) is 52.2 Å². The van der Waals surface area contributed by atoms with E-state index in [0.29, 0.717) is 10.6 Å². The van der Waals surface area contributed by atoms with Crippen molar-refractivity contribution < 1.29 is 13.9 Å². The van der Waals surface area contributed by atoms with Crippen LogP contribution >= 0.6 is 11.6 Å². The molecule has 126 valence electrons. The third kappa shape index (κ3) is 4.22. The van der Waals surface area contributed by atoms with E-state index in [9.17, 15) is 9.18 Å². The van der Waals surface area contributed by atoms with Crippen molar-refractivity contribution in [3.63, 3.8) is 0 Å². The second-order valence-corrected chi connectivity index (χ2v) is 6.62. The van der Waals surface area contributed by atoms with Crippen molar-refractivity contribution in [2.75, 3.05) is 39.4 Å². The zero-order valence-corrected chi connectivity index (χ0v) is 13.9. The van der Waals surface area contributed by atoms with Crippen molar-refractivity contribution in [3.05, 3.63) is 34.6 Å². The third-order valence-corrected chi connectivity index (χ3v) is 4.98. The Hall–Kier alpha value is -1.17. The molecule has 0 spiro atoms. The Balaban J connectivity index is 1.61. The lowest BCUT2D eigenvalue weighted by Gasteiger charge is -2.33. The highest BCUT2D eigenvalue weighted by molar-refractivity contribution is 6.31. The Morgan fingerprint density at radius 2 is 2.09 bits per heavy atom. The predicted molar refractivity (Wildman–Crippen MR) is 87.1 cm³/mol. The molecule has 0 aromatic heterocycles. The van der Waals surface area contributed by atoms with Gasteiger partial charge in [-0.15, -0.1) is 0 Å². The molecular formula is C17H22ClFN2O2. The van der Waals surface area contributed by atoms with Crippen LogP contribution in [-0.2, 0) is 16.0 Å². The topological polar surface area (TPSA) is 32.8 Å². The lowest BCUT2D eigenvalue weighted by Crippen LogP contribution is -2.47. The number of rotatable bonds is 4. The first kappa shape index (κ1) is 16.7. The maximum atomic E-state index is 13.1. The molecule has 2 aliphatic heterocycles. The molecule has 6 heteroatoms. The van der Waals surface area contributed by atoms with Crippen LogP contribution in [-0.4, -0.2) is 61.1 Å². The van der Waals surface area contributed by atoms with Crippen LogP contribution in [0.1, 0.15) is 18.4 Å². The van der Waals surface area contributed by atoms with Gasteiger partial charge in [0, 0.05) is 37.2 Å². The summed E-state index contributed by atoms with van der Waals surface area (Å²) in [6.45, 7) is 5.11. The van der Waals surface area contributed by atoms with Crippen molar-refractivity contribution in [2.45, 2.75) is 25.3 Å². The normalized spacial score (nSPS) is 22.5. The van der Waals surface area contributed by atoms with Crippen LogP contribution in [0.25, 0.3) is 0 Å². The summed E-state index contributed by atoms with van der Waals surface area (Å²) in [6, 6.07) is 4.48. The minimum absolute atomic E-state index is 0.0780. The van der Waals surface area contributed by atoms with Gasteiger partial charge in [0.15, 0.2) is 0 Å². The van der Waals surface area contributed by atoms with E-state index in [2.05, 4.69) is 4.90 Å². The molecular weight excluding hydrogens is 319 g/mol. The highest BCUT2D eigenvalue weighted by Gasteiger charge is 2.30. The summed E-state index contributed by atoms with van der Waals surface area (Å²) in [4.78, 5) is 17.0. The maximum Gasteiger partial charge on any atom is 0.227 e. The molecule has 1 unspecified atom stereocenters. The molecule has 0 saturated carbocycles. The molecule has 1 atom stereocenters. The molecule has 0 N–H and O–H groups in total. The number of nitrogens with zero attached hydrogens (tertiary/aromatic N) is 2. The summed E-state index contributed by atoms with van der Waals surface area (Å²) in [5.74, 6) is -0.299. The van der Waals surface area contributed by atoms with Crippen molar-refractivity contribution >= 4 is 17.5 Å². The molecule has 2 aliphatic rings. The number of amides is 1. The first-order valence-electron chi connectivity index (χ1n) is 8.17. The highest BCUT2D eigenvalue weighted by Crippen LogP contribution is 2.23. The largest absolute Gasteiger partial charge is 0.379 e. The van der Waals surface area contributed by atoms with Crippen LogP contribution in [0.5, 0.6) is 0 Å². The van der Waals surface area contributed by atoms with Crippen molar-refractivity contribution in [2.24, 2.45) is 0 Å². The Kier molecular flexibility index (Phi) is 5.51. The molecule has 1 amide bonds. The first-order valence-corrected chi connectivity index (χ1v) is 8.55. The molecule has 2 heterocycles. The fourth-order valence-corrected chi connectivity index (χ4v) is 3.60. The lowest BCUT2D eigenvalue weighted by molar-refractivity contribution is -0.131. The molecule has 0 bridgehead atoms. The van der Waals surface area contributed by atoms with E-state index in [4.69, 9.17) is 16.3 Å². The molecule has 23 heavy (non-hydrogen) atoms. The molecule has 1 aromatic carbocycles. The van der Waals surface area contributed by atoms with Crippen molar-refractivity contribution in [3.8, 4) is 0 Å². The van der Waals surface area contributed by atoms with Gasteiger partial charge in [0.2, 0.25) is 5.91 Å². The summed E-state index contributed by atoms with van der Waals surface area (Å²) in [5, 5.41) is 0.322. The Morgan fingerprint density at radius 3 is 2.83 bits per heavy atom. The van der Waals surface area contributed by atoms with Crippen LogP contribution in [0.2, 0.25) is 5.02 Å². The summed E-state index contributed by atoms with van der Waals surface area (Å²) >= 11 is 6.04. The molecule has 0 radical (unpaired) electrons. The van der Waals surface area contributed by atoms with Crippen LogP contribution in [0.3, 0.4) is 0 Å². The number of hydrogen-bond donors (Lipinski definition) is 0. The van der Waals surface area contributed by atoms with Gasteiger partial charge >= 0.3 is 0 Å². The van der Waals surface area contributed by atoms with E-state index < -0.39 is 0 Å². The third-order valence-electron chi connectivity index (χ3n) is 4.63. The van der Waals surface area contributed by atoms with Crippen LogP contribution in [0.15, 0.2) is 18.2 Å². The number of hydrogen-bond acceptors (Lipinski definition) is 3. The van der Waals surface area contributed by atoms with Gasteiger partial charge in [0.1, 0.15) is 5.82 Å². The highest BCUT2D eigenvalue weighted by atomic mass is 35.5. The average Bonchev–Trinajstić information content (AvgIpc) is 2.99. The van der Waals surface area contributed by atoms with Crippen LogP contribution in [0, 0.1) is 5.82 Å². The molecule has 1 aromatic rings. The Labute approximate surface area is 141 Å². The van der Waals surface area contributed by atoms with Gasteiger partial charge in [0.05, 0.1) is 19.6 Å². The number of morpholine rings is 1. The predicted octanol–water partition coefficient (Wildman–Crippen LogP) is 2.34. The number of carbonyl (C=O) groups is 1. The van der Waals surface area contributed by atoms with Gasteiger partial charge in [-0.1, -0.05) is 17.7 Å². The van der Waals surface area contributed by atoms with Gasteiger partial charge in [-0.2, -0.15) is 0 Å². The average molecular weight is 341 g/mol. The maximum absolute atomic E-state index is 13.1. The standard InChI is InChI=1S/C17H22ClFN2O2/c18-16-11-14(19)4-3-13(16)10-17(22)21-5-1-2-15(21)12-20-6-8-23-9-7-20/h3-4,11,15H,1-2,5-10,12H2. The van der Waals surface area contributed by atoms with Gasteiger partial charge < -0.3 is 9.64 Å². The summed E-state index contributed by atoms with van der Waals surface area (Å²) in [6.07, 6.45) is 2.32. The Bertz CT molecular complexity index is 564. The summed E-state index contributed by atoms with van der Waals surface area (Å²) in [5.41, 5.74) is 0.690. The van der Waals surface area contributed by atoms with Crippen molar-refractivity contribution in [1.29, 1.82) is 0 Å². The van der Waals surface area contributed by atoms with E-state index in [1.165, 1.54) is 12.1 Å². The first-order chi connectivity index (χ1) is 11.1.